The molecule has 2 aromatic carbocycles. The summed E-state index contributed by atoms with van der Waals surface area (Å²) in [6, 6.07) is 15.2. The smallest absolute Gasteiger partial charge is 0.223 e. The molecule has 0 fully saturated rings. The zero-order valence-corrected chi connectivity index (χ0v) is 15.2. The van der Waals surface area contributed by atoms with Gasteiger partial charge in [-0.2, -0.15) is 0 Å². The van der Waals surface area contributed by atoms with Gasteiger partial charge in [0.1, 0.15) is 0 Å². The topological polar surface area (TPSA) is 20.3 Å². The van der Waals surface area contributed by atoms with Gasteiger partial charge in [0, 0.05) is 13.5 Å². The third kappa shape index (κ3) is 3.24. The Balaban J connectivity index is 2.05. The van der Waals surface area contributed by atoms with Crippen LogP contribution < -0.4 is 4.90 Å². The second kappa shape index (κ2) is 6.80. The summed E-state index contributed by atoms with van der Waals surface area (Å²) in [5, 5.41) is 0. The van der Waals surface area contributed by atoms with Crippen LogP contribution in [0.2, 0.25) is 0 Å². The number of hydrogen-bond donors (Lipinski definition) is 0. The van der Waals surface area contributed by atoms with Crippen LogP contribution in [0.5, 0.6) is 0 Å². The average molecular weight is 321 g/mol. The molecule has 1 atom stereocenters. The maximum Gasteiger partial charge on any atom is 0.223 e. The van der Waals surface area contributed by atoms with E-state index < -0.39 is 0 Å². The molecule has 3 rings (SSSR count). The van der Waals surface area contributed by atoms with Gasteiger partial charge in [-0.3, -0.25) is 4.79 Å². The minimum absolute atomic E-state index is 0.150. The lowest BCUT2D eigenvalue weighted by Gasteiger charge is -2.37. The molecule has 0 saturated heterocycles. The van der Waals surface area contributed by atoms with Crippen molar-refractivity contribution in [1.82, 2.24) is 0 Å². The number of carbonyl (C=O) groups is 1. The third-order valence-corrected chi connectivity index (χ3v) is 5.16. The largest absolute Gasteiger partial charge is 0.312 e. The van der Waals surface area contributed by atoms with Crippen molar-refractivity contribution in [2.24, 2.45) is 5.92 Å². The molecule has 0 aliphatic carbocycles. The van der Waals surface area contributed by atoms with E-state index in [0.29, 0.717) is 11.8 Å². The van der Waals surface area contributed by atoms with E-state index in [2.05, 4.69) is 63.2 Å². The molecule has 0 spiro atoms. The average Bonchev–Trinajstić information content (AvgIpc) is 2.54. The number of benzene rings is 2. The number of carbonyl (C=O) groups excluding carboxylic acids is 1. The van der Waals surface area contributed by atoms with Crippen LogP contribution in [-0.2, 0) is 11.2 Å². The normalized spacial score (nSPS) is 17.0. The highest BCUT2D eigenvalue weighted by Gasteiger charge is 2.30. The number of nitrogens with zero attached hydrogens (tertiary/aromatic N) is 1. The molecule has 126 valence electrons. The molecule has 1 aliphatic rings. The van der Waals surface area contributed by atoms with Gasteiger partial charge >= 0.3 is 0 Å². The summed E-state index contributed by atoms with van der Waals surface area (Å²) in [6.45, 7) is 9.24. The Morgan fingerprint density at radius 1 is 1.17 bits per heavy atom. The summed E-state index contributed by atoms with van der Waals surface area (Å²) in [4.78, 5) is 14.1. The van der Waals surface area contributed by atoms with Gasteiger partial charge in [-0.05, 0) is 53.9 Å². The van der Waals surface area contributed by atoms with Gasteiger partial charge in [-0.1, -0.05) is 56.3 Å². The first-order chi connectivity index (χ1) is 11.5. The van der Waals surface area contributed by atoms with Gasteiger partial charge in [-0.25, -0.2) is 0 Å². The monoisotopic (exact) mass is 321 g/mol. The van der Waals surface area contributed by atoms with Crippen molar-refractivity contribution in [3.05, 3.63) is 64.7 Å². The molecule has 0 N–H and O–H groups in total. The predicted octanol–water partition coefficient (Wildman–Crippen LogP) is 5.08. The number of anilines is 1. The Labute approximate surface area is 145 Å². The molecular formula is C22H27NO. The van der Waals surface area contributed by atoms with Crippen LogP contribution in [-0.4, -0.2) is 12.5 Å². The van der Waals surface area contributed by atoms with Gasteiger partial charge in [0.25, 0.3) is 0 Å². The maximum absolute atomic E-state index is 12.1. The van der Waals surface area contributed by atoms with E-state index in [1.165, 1.54) is 22.3 Å². The Hall–Kier alpha value is -2.09. The fourth-order valence-electron chi connectivity index (χ4n) is 4.01. The highest BCUT2D eigenvalue weighted by atomic mass is 16.2. The van der Waals surface area contributed by atoms with Gasteiger partial charge in [0.05, 0.1) is 5.69 Å². The maximum atomic E-state index is 12.1. The van der Waals surface area contributed by atoms with Crippen molar-refractivity contribution in [1.29, 1.82) is 0 Å². The molecular weight excluding hydrogens is 294 g/mol. The van der Waals surface area contributed by atoms with Crippen LogP contribution in [0.15, 0.2) is 42.5 Å². The summed E-state index contributed by atoms with van der Waals surface area (Å²) in [5.74, 6) is 1.27. The van der Waals surface area contributed by atoms with Crippen LogP contribution in [0, 0.1) is 12.8 Å². The molecule has 2 heteroatoms. The number of rotatable bonds is 3. The van der Waals surface area contributed by atoms with Crippen LogP contribution in [0.3, 0.4) is 0 Å². The fraction of sp³-hybridized carbons (Fsp3) is 0.409. The second-order valence-electron chi connectivity index (χ2n) is 7.32. The molecule has 0 aromatic heterocycles. The standard InChI is InChI=1S/C22H27NO/c1-15(2)20-10-11-23(17(4)24)22-16(3)12-19(14-21(20)22)13-18-8-6-5-7-9-18/h5-9,12,14-15,20H,10-11,13H2,1-4H3. The van der Waals surface area contributed by atoms with Crippen molar-refractivity contribution in [3.8, 4) is 0 Å². The zero-order valence-electron chi connectivity index (χ0n) is 15.2. The van der Waals surface area contributed by atoms with E-state index in [1.807, 2.05) is 4.90 Å². The molecule has 1 aliphatic heterocycles. The lowest BCUT2D eigenvalue weighted by molar-refractivity contribution is -0.116. The van der Waals surface area contributed by atoms with E-state index in [-0.39, 0.29) is 5.91 Å². The van der Waals surface area contributed by atoms with Crippen LogP contribution in [0.4, 0.5) is 5.69 Å². The first-order valence-corrected chi connectivity index (χ1v) is 8.93. The van der Waals surface area contributed by atoms with Crippen LogP contribution >= 0.6 is 0 Å². The summed E-state index contributed by atoms with van der Waals surface area (Å²) in [5.41, 5.74) is 6.41. The summed E-state index contributed by atoms with van der Waals surface area (Å²) in [7, 11) is 0. The molecule has 0 saturated carbocycles. The van der Waals surface area contributed by atoms with Crippen molar-refractivity contribution in [3.63, 3.8) is 0 Å². The Morgan fingerprint density at radius 2 is 1.88 bits per heavy atom. The van der Waals surface area contributed by atoms with E-state index in [1.54, 1.807) is 6.92 Å². The molecule has 0 bridgehead atoms. The highest BCUT2D eigenvalue weighted by molar-refractivity contribution is 5.94. The molecule has 2 aromatic rings. The second-order valence-corrected chi connectivity index (χ2v) is 7.32. The third-order valence-electron chi connectivity index (χ3n) is 5.16. The summed E-state index contributed by atoms with van der Waals surface area (Å²) >= 11 is 0. The van der Waals surface area contributed by atoms with E-state index in [0.717, 1.165) is 25.1 Å². The SMILES string of the molecule is CC(=O)N1CCC(C(C)C)c2cc(Cc3ccccc3)cc(C)c21. The van der Waals surface area contributed by atoms with Crippen molar-refractivity contribution in [2.75, 3.05) is 11.4 Å². The van der Waals surface area contributed by atoms with Crippen molar-refractivity contribution in [2.45, 2.75) is 46.5 Å². The minimum atomic E-state index is 0.150. The lowest BCUT2D eigenvalue weighted by Crippen LogP contribution is -2.36. The Kier molecular flexibility index (Phi) is 4.75. The Morgan fingerprint density at radius 3 is 2.50 bits per heavy atom. The van der Waals surface area contributed by atoms with Crippen LogP contribution in [0.1, 0.15) is 55.4 Å². The van der Waals surface area contributed by atoms with E-state index in [4.69, 9.17) is 0 Å². The zero-order chi connectivity index (χ0) is 17.3. The number of aryl methyl sites for hydroxylation is 1. The first-order valence-electron chi connectivity index (χ1n) is 8.93. The molecule has 0 radical (unpaired) electrons. The van der Waals surface area contributed by atoms with Crippen molar-refractivity contribution < 1.29 is 4.79 Å². The molecule has 2 nitrogen and oxygen atoms in total. The predicted molar refractivity (Wildman–Crippen MR) is 101 cm³/mol. The van der Waals surface area contributed by atoms with Gasteiger partial charge in [0.15, 0.2) is 0 Å². The number of hydrogen-bond acceptors (Lipinski definition) is 1. The van der Waals surface area contributed by atoms with E-state index in [9.17, 15) is 4.79 Å². The summed E-state index contributed by atoms with van der Waals surface area (Å²) < 4.78 is 0. The van der Waals surface area contributed by atoms with Gasteiger partial charge < -0.3 is 4.90 Å². The molecule has 1 amide bonds. The van der Waals surface area contributed by atoms with E-state index >= 15 is 0 Å². The molecule has 1 unspecified atom stereocenters. The van der Waals surface area contributed by atoms with Crippen LogP contribution in [0.25, 0.3) is 0 Å². The Bertz CT molecular complexity index is 733. The quantitative estimate of drug-likeness (QED) is 0.772. The molecule has 24 heavy (non-hydrogen) atoms. The number of fused-ring (bicyclic) bond motifs is 1. The summed E-state index contributed by atoms with van der Waals surface area (Å²) in [6.07, 6.45) is 2.00. The highest BCUT2D eigenvalue weighted by Crippen LogP contribution is 2.42. The molecule has 1 heterocycles. The van der Waals surface area contributed by atoms with Crippen molar-refractivity contribution >= 4 is 11.6 Å². The number of amides is 1. The lowest BCUT2D eigenvalue weighted by atomic mass is 9.79. The first kappa shape index (κ1) is 16.8. The minimum Gasteiger partial charge on any atom is -0.312 e. The van der Waals surface area contributed by atoms with Gasteiger partial charge in [-0.15, -0.1) is 0 Å². The van der Waals surface area contributed by atoms with Gasteiger partial charge in [0.2, 0.25) is 5.91 Å². The fourth-order valence-corrected chi connectivity index (χ4v) is 4.01.